The Hall–Kier alpha value is -1.32. The lowest BCUT2D eigenvalue weighted by Gasteiger charge is -2.30. The summed E-state index contributed by atoms with van der Waals surface area (Å²) in [6.45, 7) is 3.93. The molecule has 1 aliphatic heterocycles. The maximum absolute atomic E-state index is 12.5. The Balaban J connectivity index is 2.13. The summed E-state index contributed by atoms with van der Waals surface area (Å²) < 4.78 is 0. The van der Waals surface area contributed by atoms with Crippen molar-refractivity contribution < 1.29 is 14.7 Å². The number of nitrogens with zero attached hydrogens (tertiary/aromatic N) is 1. The van der Waals surface area contributed by atoms with Crippen LogP contribution in [0.1, 0.15) is 52.4 Å². The van der Waals surface area contributed by atoms with E-state index in [4.69, 9.17) is 5.11 Å². The fourth-order valence-corrected chi connectivity index (χ4v) is 3.41. The number of carbonyl (C=O) groups is 2. The van der Waals surface area contributed by atoms with E-state index in [9.17, 15) is 9.59 Å². The number of rotatable bonds is 3. The van der Waals surface area contributed by atoms with Crippen LogP contribution in [0.15, 0.2) is 11.1 Å². The highest BCUT2D eigenvalue weighted by atomic mass is 16.4. The van der Waals surface area contributed by atoms with Gasteiger partial charge in [0.15, 0.2) is 0 Å². The van der Waals surface area contributed by atoms with Gasteiger partial charge in [-0.1, -0.05) is 12.8 Å². The van der Waals surface area contributed by atoms with E-state index in [1.54, 1.807) is 6.92 Å². The highest BCUT2D eigenvalue weighted by molar-refractivity contribution is 6.01. The molecular weight excluding hydrogens is 242 g/mol. The topological polar surface area (TPSA) is 57.6 Å². The third-order valence-electron chi connectivity index (χ3n) is 4.71. The maximum atomic E-state index is 12.5. The van der Waals surface area contributed by atoms with E-state index in [1.807, 2.05) is 4.90 Å². The molecule has 1 unspecified atom stereocenters. The molecule has 1 N–H and O–H groups in total. The van der Waals surface area contributed by atoms with E-state index in [2.05, 4.69) is 0 Å². The fourth-order valence-electron chi connectivity index (χ4n) is 3.41. The summed E-state index contributed by atoms with van der Waals surface area (Å²) in [5, 5.41) is 8.99. The SMILES string of the molecule is CC(C(=O)O)=C(C)C(=O)N1CCCC1C1CCCC1. The molecule has 4 nitrogen and oxygen atoms in total. The molecule has 0 aromatic rings. The number of likely N-dealkylation sites (tertiary alicyclic amines) is 1. The van der Waals surface area contributed by atoms with E-state index in [1.165, 1.54) is 32.6 Å². The minimum atomic E-state index is -0.998. The van der Waals surface area contributed by atoms with Crippen LogP contribution in [0.3, 0.4) is 0 Å². The molecule has 2 fully saturated rings. The molecule has 0 bridgehead atoms. The Labute approximate surface area is 114 Å². The van der Waals surface area contributed by atoms with Crippen molar-refractivity contribution in [2.24, 2.45) is 5.92 Å². The second kappa shape index (κ2) is 5.76. The minimum Gasteiger partial charge on any atom is -0.478 e. The molecule has 0 spiro atoms. The molecule has 19 heavy (non-hydrogen) atoms. The van der Waals surface area contributed by atoms with Crippen molar-refractivity contribution >= 4 is 11.9 Å². The van der Waals surface area contributed by atoms with Gasteiger partial charge in [-0.25, -0.2) is 4.79 Å². The standard InChI is InChI=1S/C15H23NO3/c1-10(11(2)15(18)19)14(17)16-9-5-8-13(16)12-6-3-4-7-12/h12-13H,3-9H2,1-2H3,(H,18,19). The van der Waals surface area contributed by atoms with Gasteiger partial charge in [-0.3, -0.25) is 4.79 Å². The van der Waals surface area contributed by atoms with E-state index < -0.39 is 5.97 Å². The Morgan fingerprint density at radius 3 is 2.21 bits per heavy atom. The fraction of sp³-hybridized carbons (Fsp3) is 0.733. The van der Waals surface area contributed by atoms with Gasteiger partial charge in [0.2, 0.25) is 5.91 Å². The molecule has 1 amide bonds. The van der Waals surface area contributed by atoms with Gasteiger partial charge in [0.05, 0.1) is 0 Å². The smallest absolute Gasteiger partial charge is 0.331 e. The van der Waals surface area contributed by atoms with E-state index in [0.29, 0.717) is 17.5 Å². The van der Waals surface area contributed by atoms with Crippen LogP contribution in [0.5, 0.6) is 0 Å². The molecule has 2 rings (SSSR count). The number of hydrogen-bond donors (Lipinski definition) is 1. The van der Waals surface area contributed by atoms with Crippen molar-refractivity contribution in [1.29, 1.82) is 0 Å². The number of hydrogen-bond acceptors (Lipinski definition) is 2. The van der Waals surface area contributed by atoms with Gasteiger partial charge >= 0.3 is 5.97 Å². The van der Waals surface area contributed by atoms with Gasteiger partial charge in [-0.2, -0.15) is 0 Å². The lowest BCUT2D eigenvalue weighted by molar-refractivity contribution is -0.134. The summed E-state index contributed by atoms with van der Waals surface area (Å²) in [6, 6.07) is 0.339. The lowest BCUT2D eigenvalue weighted by atomic mass is 9.95. The molecule has 1 saturated carbocycles. The third-order valence-corrected chi connectivity index (χ3v) is 4.71. The molecule has 1 heterocycles. The van der Waals surface area contributed by atoms with Crippen molar-refractivity contribution in [2.75, 3.05) is 6.54 Å². The Bertz CT molecular complexity index is 408. The average molecular weight is 265 g/mol. The van der Waals surface area contributed by atoms with Crippen molar-refractivity contribution in [2.45, 2.75) is 58.4 Å². The zero-order valence-corrected chi connectivity index (χ0v) is 11.8. The van der Waals surface area contributed by atoms with Crippen LogP contribution in [0.2, 0.25) is 0 Å². The van der Waals surface area contributed by atoms with Crippen molar-refractivity contribution in [3.05, 3.63) is 11.1 Å². The number of aliphatic carboxylic acids is 1. The van der Waals surface area contributed by atoms with E-state index in [-0.39, 0.29) is 11.5 Å². The molecule has 0 aromatic heterocycles. The second-order valence-electron chi connectivity index (χ2n) is 5.81. The van der Waals surface area contributed by atoms with Crippen LogP contribution < -0.4 is 0 Å². The molecule has 1 atom stereocenters. The van der Waals surface area contributed by atoms with Crippen molar-refractivity contribution in [1.82, 2.24) is 4.90 Å². The van der Waals surface area contributed by atoms with Gasteiger partial charge in [0, 0.05) is 23.7 Å². The van der Waals surface area contributed by atoms with Gasteiger partial charge in [0.1, 0.15) is 0 Å². The van der Waals surface area contributed by atoms with Gasteiger partial charge in [0.25, 0.3) is 0 Å². The predicted octanol–water partition coefficient (Wildman–Crippen LogP) is 2.59. The van der Waals surface area contributed by atoms with Crippen molar-refractivity contribution in [3.63, 3.8) is 0 Å². The number of carboxylic acid groups (broad SMARTS) is 1. The monoisotopic (exact) mass is 265 g/mol. The number of carbonyl (C=O) groups excluding carboxylic acids is 1. The van der Waals surface area contributed by atoms with E-state index >= 15 is 0 Å². The first-order chi connectivity index (χ1) is 9.02. The third kappa shape index (κ3) is 2.82. The zero-order valence-electron chi connectivity index (χ0n) is 11.8. The van der Waals surface area contributed by atoms with Gasteiger partial charge in [-0.05, 0) is 45.4 Å². The average Bonchev–Trinajstić information content (AvgIpc) is 3.05. The molecule has 2 aliphatic rings. The summed E-state index contributed by atoms with van der Waals surface area (Å²) in [4.78, 5) is 25.4. The molecular formula is C15H23NO3. The highest BCUT2D eigenvalue weighted by Crippen LogP contribution is 2.36. The zero-order chi connectivity index (χ0) is 14.0. The Morgan fingerprint density at radius 1 is 1.00 bits per heavy atom. The van der Waals surface area contributed by atoms with Crippen LogP contribution >= 0.6 is 0 Å². The molecule has 106 valence electrons. The molecule has 4 heteroatoms. The quantitative estimate of drug-likeness (QED) is 0.798. The summed E-state index contributed by atoms with van der Waals surface area (Å²) in [5.41, 5.74) is 0.555. The maximum Gasteiger partial charge on any atom is 0.331 e. The first-order valence-electron chi connectivity index (χ1n) is 7.24. The number of carboxylic acids is 1. The van der Waals surface area contributed by atoms with Crippen LogP contribution in [0, 0.1) is 5.92 Å². The lowest BCUT2D eigenvalue weighted by Crippen LogP contribution is -2.40. The summed E-state index contributed by atoms with van der Waals surface area (Å²) in [6.07, 6.45) is 7.10. The van der Waals surface area contributed by atoms with Crippen molar-refractivity contribution in [3.8, 4) is 0 Å². The minimum absolute atomic E-state index is 0.0747. The normalized spacial score (nSPS) is 25.6. The largest absolute Gasteiger partial charge is 0.478 e. The Morgan fingerprint density at radius 2 is 1.63 bits per heavy atom. The van der Waals surface area contributed by atoms with Crippen LogP contribution in [0.25, 0.3) is 0 Å². The number of amides is 1. The first kappa shape index (κ1) is 14.1. The molecule has 1 aliphatic carbocycles. The van der Waals surface area contributed by atoms with Crippen LogP contribution in [-0.2, 0) is 9.59 Å². The predicted molar refractivity (Wildman–Crippen MR) is 72.7 cm³/mol. The first-order valence-corrected chi connectivity index (χ1v) is 7.24. The summed E-state index contributed by atoms with van der Waals surface area (Å²) >= 11 is 0. The van der Waals surface area contributed by atoms with Gasteiger partial charge < -0.3 is 10.0 Å². The highest BCUT2D eigenvalue weighted by Gasteiger charge is 2.36. The molecule has 1 saturated heterocycles. The molecule has 0 aromatic carbocycles. The summed E-state index contributed by atoms with van der Waals surface area (Å²) in [7, 11) is 0. The Kier molecular flexibility index (Phi) is 4.27. The molecule has 0 radical (unpaired) electrons. The summed E-state index contributed by atoms with van der Waals surface area (Å²) in [5.74, 6) is -0.443. The van der Waals surface area contributed by atoms with Crippen LogP contribution in [0.4, 0.5) is 0 Å². The van der Waals surface area contributed by atoms with E-state index in [0.717, 1.165) is 19.4 Å². The van der Waals surface area contributed by atoms with Crippen LogP contribution in [-0.4, -0.2) is 34.5 Å². The van der Waals surface area contributed by atoms with Gasteiger partial charge in [-0.15, -0.1) is 0 Å². The second-order valence-corrected chi connectivity index (χ2v) is 5.81.